The third-order valence-corrected chi connectivity index (χ3v) is 6.32. The van der Waals surface area contributed by atoms with Crippen LogP contribution in [0.2, 0.25) is 0 Å². The number of ether oxygens (including phenoxy) is 2. The number of carbonyl (C=O) groups excluding carboxylic acids is 3. The Balaban J connectivity index is 1.42. The third kappa shape index (κ3) is 8.27. The first-order valence-electron chi connectivity index (χ1n) is 10.6. The monoisotopic (exact) mass is 496 g/mol. The van der Waals surface area contributed by atoms with Crippen LogP contribution in [0.15, 0.2) is 83.8 Å². The lowest BCUT2D eigenvalue weighted by Crippen LogP contribution is -2.22. The van der Waals surface area contributed by atoms with Gasteiger partial charge in [0.25, 0.3) is 5.91 Å². The zero-order chi connectivity index (χ0) is 25.3. The fourth-order valence-electron chi connectivity index (χ4n) is 2.93. The number of hydrogen-bond acceptors (Lipinski definition) is 7. The van der Waals surface area contributed by atoms with Crippen LogP contribution in [0.4, 0.5) is 11.4 Å². The predicted molar refractivity (Wildman–Crippen MR) is 130 cm³/mol. The third-order valence-electron chi connectivity index (χ3n) is 4.59. The Bertz CT molecular complexity index is 1270. The molecule has 0 spiro atoms. The standard InChI is InChI=1S/C25H24N2O7S/c1-18(28)26-19-9-13-23(14-10-19)35(31,32)16-15-25(30)33-17-24(29)27-20-7-11-22(12-8-20)34-21-5-3-2-4-6-21/h2-14H,15-17H2,1H3,(H,26,28)(H,27,29). The average molecular weight is 497 g/mol. The van der Waals surface area contributed by atoms with Crippen LogP contribution in [0.25, 0.3) is 0 Å². The minimum Gasteiger partial charge on any atom is -0.457 e. The molecule has 0 aromatic heterocycles. The van der Waals surface area contributed by atoms with Gasteiger partial charge < -0.3 is 20.1 Å². The number of carbonyl (C=O) groups is 3. The van der Waals surface area contributed by atoms with Crippen LogP contribution in [-0.4, -0.2) is 38.6 Å². The Kier molecular flexibility index (Phi) is 8.58. The Morgan fingerprint density at radius 1 is 0.771 bits per heavy atom. The van der Waals surface area contributed by atoms with E-state index in [9.17, 15) is 22.8 Å². The Morgan fingerprint density at radius 3 is 1.97 bits per heavy atom. The minimum absolute atomic E-state index is 0.0110. The molecule has 3 aromatic rings. The van der Waals surface area contributed by atoms with Gasteiger partial charge in [0.05, 0.1) is 17.1 Å². The van der Waals surface area contributed by atoms with Gasteiger partial charge in [-0.3, -0.25) is 14.4 Å². The van der Waals surface area contributed by atoms with Crippen molar-refractivity contribution in [1.29, 1.82) is 0 Å². The second-order valence-corrected chi connectivity index (χ2v) is 9.53. The Labute approximate surface area is 203 Å². The first-order chi connectivity index (χ1) is 16.7. The molecule has 0 aliphatic rings. The summed E-state index contributed by atoms with van der Waals surface area (Å²) in [5, 5.41) is 5.12. The molecule has 35 heavy (non-hydrogen) atoms. The molecule has 9 nitrogen and oxygen atoms in total. The number of para-hydroxylation sites is 1. The lowest BCUT2D eigenvalue weighted by atomic mass is 10.3. The first-order valence-corrected chi connectivity index (χ1v) is 12.3. The highest BCUT2D eigenvalue weighted by molar-refractivity contribution is 7.91. The van der Waals surface area contributed by atoms with Gasteiger partial charge in [-0.1, -0.05) is 18.2 Å². The Hall–Kier alpha value is -4.18. The van der Waals surface area contributed by atoms with Gasteiger partial charge in [0.15, 0.2) is 16.4 Å². The van der Waals surface area contributed by atoms with Crippen molar-refractivity contribution in [2.75, 3.05) is 23.0 Å². The maximum Gasteiger partial charge on any atom is 0.307 e. The molecule has 2 amide bonds. The maximum absolute atomic E-state index is 12.4. The van der Waals surface area contributed by atoms with E-state index in [-0.39, 0.29) is 10.8 Å². The van der Waals surface area contributed by atoms with Crippen LogP contribution in [0.5, 0.6) is 11.5 Å². The van der Waals surface area contributed by atoms with Gasteiger partial charge >= 0.3 is 5.97 Å². The number of esters is 1. The van der Waals surface area contributed by atoms with E-state index in [1.165, 1.54) is 31.2 Å². The molecular weight excluding hydrogens is 472 g/mol. The average Bonchev–Trinajstić information content (AvgIpc) is 2.83. The molecule has 0 saturated carbocycles. The summed E-state index contributed by atoms with van der Waals surface area (Å²) in [6, 6.07) is 21.5. The van der Waals surface area contributed by atoms with Crippen molar-refractivity contribution in [2.45, 2.75) is 18.2 Å². The summed E-state index contributed by atoms with van der Waals surface area (Å²) in [7, 11) is -3.74. The van der Waals surface area contributed by atoms with Gasteiger partial charge in [0, 0.05) is 18.3 Å². The van der Waals surface area contributed by atoms with Crippen molar-refractivity contribution >= 4 is 39.0 Å². The van der Waals surface area contributed by atoms with Crippen molar-refractivity contribution in [3.63, 3.8) is 0 Å². The molecule has 2 N–H and O–H groups in total. The van der Waals surface area contributed by atoms with Crippen molar-refractivity contribution in [1.82, 2.24) is 0 Å². The highest BCUT2D eigenvalue weighted by atomic mass is 32.2. The van der Waals surface area contributed by atoms with E-state index in [1.54, 1.807) is 24.3 Å². The molecule has 0 saturated heterocycles. The normalized spacial score (nSPS) is 10.8. The second kappa shape index (κ2) is 11.8. The number of sulfone groups is 1. The molecular formula is C25H24N2O7S. The summed E-state index contributed by atoms with van der Waals surface area (Å²) in [6.45, 7) is 0.793. The topological polar surface area (TPSA) is 128 Å². The number of nitrogens with one attached hydrogen (secondary N) is 2. The summed E-state index contributed by atoms with van der Waals surface area (Å²) in [6.07, 6.45) is -0.408. The molecule has 0 radical (unpaired) electrons. The molecule has 0 aliphatic carbocycles. The summed E-state index contributed by atoms with van der Waals surface area (Å²) < 4.78 is 35.4. The van der Waals surface area contributed by atoms with Crippen LogP contribution < -0.4 is 15.4 Å². The van der Waals surface area contributed by atoms with Crippen molar-refractivity contribution < 1.29 is 32.3 Å². The Morgan fingerprint density at radius 2 is 1.34 bits per heavy atom. The highest BCUT2D eigenvalue weighted by Crippen LogP contribution is 2.22. The summed E-state index contributed by atoms with van der Waals surface area (Å²) in [5.41, 5.74) is 0.942. The predicted octanol–water partition coefficient (Wildman–Crippen LogP) is 3.78. The van der Waals surface area contributed by atoms with Crippen LogP contribution in [0.3, 0.4) is 0 Å². The largest absolute Gasteiger partial charge is 0.457 e. The van der Waals surface area contributed by atoms with E-state index in [0.717, 1.165) is 0 Å². The van der Waals surface area contributed by atoms with Gasteiger partial charge in [-0.05, 0) is 60.7 Å². The summed E-state index contributed by atoms with van der Waals surface area (Å²) in [5.74, 6) is -0.861. The quantitative estimate of drug-likeness (QED) is 0.409. The van der Waals surface area contributed by atoms with Crippen molar-refractivity contribution in [3.8, 4) is 11.5 Å². The lowest BCUT2D eigenvalue weighted by Gasteiger charge is -2.09. The van der Waals surface area contributed by atoms with Gasteiger partial charge in [0.2, 0.25) is 5.91 Å². The summed E-state index contributed by atoms with van der Waals surface area (Å²) in [4.78, 5) is 35.1. The molecule has 3 aromatic carbocycles. The molecule has 0 heterocycles. The van der Waals surface area contributed by atoms with Crippen LogP contribution in [0.1, 0.15) is 13.3 Å². The molecule has 3 rings (SSSR count). The number of hydrogen-bond donors (Lipinski definition) is 2. The lowest BCUT2D eigenvalue weighted by molar-refractivity contribution is -0.146. The van der Waals surface area contributed by atoms with Gasteiger partial charge in [-0.15, -0.1) is 0 Å². The zero-order valence-corrected chi connectivity index (χ0v) is 19.7. The SMILES string of the molecule is CC(=O)Nc1ccc(S(=O)(=O)CCC(=O)OCC(=O)Nc2ccc(Oc3ccccc3)cc2)cc1. The molecule has 0 bridgehead atoms. The number of anilines is 2. The maximum atomic E-state index is 12.4. The summed E-state index contributed by atoms with van der Waals surface area (Å²) >= 11 is 0. The zero-order valence-electron chi connectivity index (χ0n) is 18.9. The van der Waals surface area contributed by atoms with E-state index in [4.69, 9.17) is 9.47 Å². The first kappa shape index (κ1) is 25.4. The second-order valence-electron chi connectivity index (χ2n) is 7.42. The van der Waals surface area contributed by atoms with E-state index < -0.39 is 40.5 Å². The number of rotatable bonds is 10. The molecule has 0 fully saturated rings. The van der Waals surface area contributed by atoms with Crippen molar-refractivity contribution in [2.24, 2.45) is 0 Å². The molecule has 182 valence electrons. The van der Waals surface area contributed by atoms with E-state index >= 15 is 0 Å². The molecule has 0 atom stereocenters. The van der Waals surface area contributed by atoms with E-state index in [2.05, 4.69) is 10.6 Å². The minimum atomic E-state index is -3.74. The van der Waals surface area contributed by atoms with Crippen LogP contribution in [0, 0.1) is 0 Å². The van der Waals surface area contributed by atoms with Gasteiger partial charge in [-0.25, -0.2) is 8.42 Å². The van der Waals surface area contributed by atoms with Crippen LogP contribution in [-0.2, 0) is 29.0 Å². The molecule has 0 aliphatic heterocycles. The fraction of sp³-hybridized carbons (Fsp3) is 0.160. The van der Waals surface area contributed by atoms with Gasteiger partial charge in [-0.2, -0.15) is 0 Å². The fourth-order valence-corrected chi connectivity index (χ4v) is 4.15. The van der Waals surface area contributed by atoms with Crippen molar-refractivity contribution in [3.05, 3.63) is 78.9 Å². The van der Waals surface area contributed by atoms with E-state index in [0.29, 0.717) is 22.9 Å². The molecule has 10 heteroatoms. The number of benzene rings is 3. The van der Waals surface area contributed by atoms with E-state index in [1.807, 2.05) is 30.3 Å². The number of amides is 2. The molecule has 0 unspecified atom stereocenters. The van der Waals surface area contributed by atoms with Gasteiger partial charge in [0.1, 0.15) is 11.5 Å². The highest BCUT2D eigenvalue weighted by Gasteiger charge is 2.18. The smallest absolute Gasteiger partial charge is 0.307 e. The van der Waals surface area contributed by atoms with Crippen LogP contribution >= 0.6 is 0 Å².